The van der Waals surface area contributed by atoms with Gasteiger partial charge in [0, 0.05) is 13.3 Å². The highest BCUT2D eigenvalue weighted by molar-refractivity contribution is 9.09. The van der Waals surface area contributed by atoms with Gasteiger partial charge < -0.3 is 5.32 Å². The fourth-order valence-corrected chi connectivity index (χ4v) is 1.91. The van der Waals surface area contributed by atoms with Gasteiger partial charge in [-0.1, -0.05) is 46.3 Å². The lowest BCUT2D eigenvalue weighted by molar-refractivity contribution is -0.120. The molecule has 1 atom stereocenters. The lowest BCUT2D eigenvalue weighted by atomic mass is 10.0. The van der Waals surface area contributed by atoms with Crippen LogP contribution in [0.1, 0.15) is 31.4 Å². The van der Waals surface area contributed by atoms with Gasteiger partial charge in [0.05, 0.1) is 11.4 Å². The molecule has 0 bridgehead atoms. The van der Waals surface area contributed by atoms with E-state index in [0.29, 0.717) is 18.2 Å². The van der Waals surface area contributed by atoms with Gasteiger partial charge in [0.15, 0.2) is 0 Å². The highest BCUT2D eigenvalue weighted by atomic mass is 79.9. The van der Waals surface area contributed by atoms with Crippen molar-refractivity contribution >= 4 is 27.6 Å². The second kappa shape index (κ2) is 7.22. The number of ketones is 1. The largest absolute Gasteiger partial charge is 0.350 e. The van der Waals surface area contributed by atoms with Gasteiger partial charge in [0.1, 0.15) is 5.78 Å². The summed E-state index contributed by atoms with van der Waals surface area (Å²) in [5, 5.41) is 3.24. The standard InChI is InChI=1S/C13H16BrNO2/c1-10(16)15-13(8-7-12(17)9-14)11-5-3-2-4-6-11/h2-6,13H,7-9H2,1H3,(H,15,16). The van der Waals surface area contributed by atoms with Crippen molar-refractivity contribution in [2.75, 3.05) is 5.33 Å². The van der Waals surface area contributed by atoms with E-state index >= 15 is 0 Å². The first-order valence-corrected chi connectivity index (χ1v) is 6.65. The number of hydrogen-bond donors (Lipinski definition) is 1. The third-order valence-corrected chi connectivity index (χ3v) is 3.07. The average Bonchev–Trinajstić information content (AvgIpc) is 2.34. The zero-order valence-corrected chi connectivity index (χ0v) is 11.4. The Balaban J connectivity index is 2.67. The summed E-state index contributed by atoms with van der Waals surface area (Å²) in [6.45, 7) is 1.49. The van der Waals surface area contributed by atoms with Crippen LogP contribution in [0.5, 0.6) is 0 Å². The van der Waals surface area contributed by atoms with Crippen molar-refractivity contribution in [2.45, 2.75) is 25.8 Å². The van der Waals surface area contributed by atoms with Gasteiger partial charge in [0.25, 0.3) is 0 Å². The smallest absolute Gasteiger partial charge is 0.217 e. The molecule has 0 saturated carbocycles. The first-order valence-electron chi connectivity index (χ1n) is 5.53. The molecule has 0 aromatic heterocycles. The quantitative estimate of drug-likeness (QED) is 0.821. The van der Waals surface area contributed by atoms with Crippen molar-refractivity contribution in [1.82, 2.24) is 5.32 Å². The summed E-state index contributed by atoms with van der Waals surface area (Å²) < 4.78 is 0. The molecule has 3 nitrogen and oxygen atoms in total. The molecule has 0 radical (unpaired) electrons. The molecule has 0 spiro atoms. The van der Waals surface area contributed by atoms with Crippen LogP contribution in [0.4, 0.5) is 0 Å². The van der Waals surface area contributed by atoms with Gasteiger partial charge in [-0.25, -0.2) is 0 Å². The molecule has 0 saturated heterocycles. The summed E-state index contributed by atoms with van der Waals surface area (Å²) in [6.07, 6.45) is 1.10. The topological polar surface area (TPSA) is 46.2 Å². The molecule has 0 heterocycles. The fraction of sp³-hybridized carbons (Fsp3) is 0.385. The average molecular weight is 298 g/mol. The van der Waals surface area contributed by atoms with E-state index in [9.17, 15) is 9.59 Å². The van der Waals surface area contributed by atoms with Crippen LogP contribution in [0, 0.1) is 0 Å². The number of benzene rings is 1. The summed E-state index contributed by atoms with van der Waals surface area (Å²) in [4.78, 5) is 22.4. The van der Waals surface area contributed by atoms with E-state index in [-0.39, 0.29) is 17.7 Å². The van der Waals surface area contributed by atoms with Gasteiger partial charge in [-0.2, -0.15) is 0 Å². The number of nitrogens with one attached hydrogen (secondary N) is 1. The molecule has 1 amide bonds. The Bertz CT molecular complexity index is 378. The lowest BCUT2D eigenvalue weighted by Gasteiger charge is -2.17. The maximum absolute atomic E-state index is 11.3. The predicted octanol–water partition coefficient (Wildman–Crippen LogP) is 2.61. The van der Waals surface area contributed by atoms with Gasteiger partial charge in [-0.15, -0.1) is 0 Å². The second-order valence-electron chi connectivity index (χ2n) is 3.87. The third-order valence-electron chi connectivity index (χ3n) is 2.44. The minimum Gasteiger partial charge on any atom is -0.350 e. The van der Waals surface area contributed by atoms with Crippen LogP contribution in [-0.2, 0) is 9.59 Å². The van der Waals surface area contributed by atoms with Gasteiger partial charge in [0.2, 0.25) is 5.91 Å². The Hall–Kier alpha value is -1.16. The molecular formula is C13H16BrNO2. The van der Waals surface area contributed by atoms with Gasteiger partial charge >= 0.3 is 0 Å². The normalized spacial score (nSPS) is 11.9. The molecule has 0 aliphatic carbocycles. The summed E-state index contributed by atoms with van der Waals surface area (Å²) in [7, 11) is 0. The van der Waals surface area contributed by atoms with E-state index in [1.807, 2.05) is 30.3 Å². The van der Waals surface area contributed by atoms with E-state index in [1.54, 1.807) is 0 Å². The number of halogens is 1. The Kier molecular flexibility index (Phi) is 5.91. The molecular weight excluding hydrogens is 282 g/mol. The summed E-state index contributed by atoms with van der Waals surface area (Å²) >= 11 is 3.14. The molecule has 0 fully saturated rings. The number of rotatable bonds is 6. The van der Waals surface area contributed by atoms with E-state index in [1.165, 1.54) is 6.92 Å². The molecule has 1 N–H and O–H groups in total. The number of Topliss-reactive ketones (excluding diaryl/α,β-unsaturated/α-hetero) is 1. The number of amides is 1. The molecule has 0 aliphatic heterocycles. The Morgan fingerprint density at radius 3 is 2.47 bits per heavy atom. The summed E-state index contributed by atoms with van der Waals surface area (Å²) in [5.41, 5.74) is 1.03. The van der Waals surface area contributed by atoms with Gasteiger partial charge in [-0.05, 0) is 12.0 Å². The van der Waals surface area contributed by atoms with Crippen molar-refractivity contribution in [3.8, 4) is 0 Å². The van der Waals surface area contributed by atoms with E-state index in [4.69, 9.17) is 0 Å². The molecule has 1 unspecified atom stereocenters. The van der Waals surface area contributed by atoms with Gasteiger partial charge in [-0.3, -0.25) is 9.59 Å². The van der Waals surface area contributed by atoms with E-state index in [2.05, 4.69) is 21.2 Å². The summed E-state index contributed by atoms with van der Waals surface area (Å²) in [5.74, 6) is 0.0708. The zero-order chi connectivity index (χ0) is 12.7. The molecule has 1 aromatic carbocycles. The van der Waals surface area contributed by atoms with E-state index in [0.717, 1.165) is 5.56 Å². The Labute approximate surface area is 110 Å². The molecule has 1 rings (SSSR count). The first kappa shape index (κ1) is 13.9. The third kappa shape index (κ3) is 5.13. The number of carbonyl (C=O) groups excluding carboxylic acids is 2. The summed E-state index contributed by atoms with van der Waals surface area (Å²) in [6, 6.07) is 9.61. The zero-order valence-electron chi connectivity index (χ0n) is 9.78. The van der Waals surface area contributed by atoms with Crippen LogP contribution >= 0.6 is 15.9 Å². The van der Waals surface area contributed by atoms with Crippen LogP contribution in [-0.4, -0.2) is 17.0 Å². The SMILES string of the molecule is CC(=O)NC(CCC(=O)CBr)c1ccccc1. The highest BCUT2D eigenvalue weighted by Crippen LogP contribution is 2.18. The van der Waals surface area contributed by atoms with Crippen molar-refractivity contribution < 1.29 is 9.59 Å². The maximum atomic E-state index is 11.3. The number of carbonyl (C=O) groups is 2. The van der Waals surface area contributed by atoms with Crippen molar-refractivity contribution in [3.63, 3.8) is 0 Å². The maximum Gasteiger partial charge on any atom is 0.217 e. The minimum absolute atomic E-state index is 0.0786. The molecule has 92 valence electrons. The minimum atomic E-state index is -0.0864. The van der Waals surface area contributed by atoms with Crippen LogP contribution in [0.3, 0.4) is 0 Å². The van der Waals surface area contributed by atoms with Crippen molar-refractivity contribution in [3.05, 3.63) is 35.9 Å². The molecule has 17 heavy (non-hydrogen) atoms. The van der Waals surface area contributed by atoms with Crippen molar-refractivity contribution in [1.29, 1.82) is 0 Å². The highest BCUT2D eigenvalue weighted by Gasteiger charge is 2.13. The molecule has 4 heteroatoms. The number of alkyl halides is 1. The van der Waals surface area contributed by atoms with Crippen LogP contribution < -0.4 is 5.32 Å². The fourth-order valence-electron chi connectivity index (χ4n) is 1.63. The van der Waals surface area contributed by atoms with E-state index < -0.39 is 0 Å². The van der Waals surface area contributed by atoms with Crippen LogP contribution in [0.2, 0.25) is 0 Å². The van der Waals surface area contributed by atoms with Crippen molar-refractivity contribution in [2.24, 2.45) is 0 Å². The lowest BCUT2D eigenvalue weighted by Crippen LogP contribution is -2.26. The van der Waals surface area contributed by atoms with Crippen LogP contribution in [0.25, 0.3) is 0 Å². The molecule has 0 aliphatic rings. The Morgan fingerprint density at radius 1 is 1.29 bits per heavy atom. The second-order valence-corrected chi connectivity index (χ2v) is 4.44. The Morgan fingerprint density at radius 2 is 1.94 bits per heavy atom. The molecule has 1 aromatic rings. The monoisotopic (exact) mass is 297 g/mol. The van der Waals surface area contributed by atoms with Crippen LogP contribution in [0.15, 0.2) is 30.3 Å². The first-order chi connectivity index (χ1) is 8.13. The predicted molar refractivity (Wildman–Crippen MR) is 71.0 cm³/mol. The number of hydrogen-bond acceptors (Lipinski definition) is 2.